The summed E-state index contributed by atoms with van der Waals surface area (Å²) in [6.07, 6.45) is 0. The number of hydrogen-bond acceptors (Lipinski definition) is 4. The van der Waals surface area contributed by atoms with Gasteiger partial charge < -0.3 is 19.4 Å². The maximum Gasteiger partial charge on any atom is 0.320 e. The summed E-state index contributed by atoms with van der Waals surface area (Å²) in [5.74, 6) is 0.0738. The van der Waals surface area contributed by atoms with Crippen LogP contribution < -0.4 is 0 Å². The largest absolute Gasteiger partial charge is 0.383 e. The molecule has 3 atom stereocenters. The maximum atomic E-state index is 13.9. The van der Waals surface area contributed by atoms with Gasteiger partial charge in [-0.25, -0.2) is 9.18 Å². The van der Waals surface area contributed by atoms with E-state index < -0.39 is 0 Å². The van der Waals surface area contributed by atoms with Crippen molar-refractivity contribution in [2.45, 2.75) is 6.04 Å². The van der Waals surface area contributed by atoms with E-state index in [-0.39, 0.29) is 35.6 Å². The first-order valence-electron chi connectivity index (χ1n) is 10.0. The zero-order valence-corrected chi connectivity index (χ0v) is 17.7. The predicted molar refractivity (Wildman–Crippen MR) is 108 cm³/mol. The van der Waals surface area contributed by atoms with Crippen molar-refractivity contribution in [1.29, 1.82) is 0 Å². The second-order valence-electron chi connectivity index (χ2n) is 8.28. The average Bonchev–Trinajstić information content (AvgIpc) is 3.23. The van der Waals surface area contributed by atoms with Crippen LogP contribution in [0.5, 0.6) is 0 Å². The number of urea groups is 1. The molecule has 2 aliphatic heterocycles. The lowest BCUT2D eigenvalue weighted by Gasteiger charge is -2.32. The molecule has 0 unspecified atom stereocenters. The zero-order valence-electron chi connectivity index (χ0n) is 17.7. The van der Waals surface area contributed by atoms with E-state index in [2.05, 4.69) is 0 Å². The summed E-state index contributed by atoms with van der Waals surface area (Å²) < 4.78 is 19.0. The van der Waals surface area contributed by atoms with Crippen LogP contribution in [0.2, 0.25) is 0 Å². The summed E-state index contributed by atoms with van der Waals surface area (Å²) in [4.78, 5) is 32.8. The van der Waals surface area contributed by atoms with E-state index in [1.54, 1.807) is 32.2 Å². The molecule has 2 fully saturated rings. The van der Waals surface area contributed by atoms with Gasteiger partial charge >= 0.3 is 6.03 Å². The minimum absolute atomic E-state index is 0.0779. The minimum Gasteiger partial charge on any atom is -0.383 e. The van der Waals surface area contributed by atoms with E-state index in [0.29, 0.717) is 39.3 Å². The lowest BCUT2D eigenvalue weighted by molar-refractivity contribution is -0.131. The van der Waals surface area contributed by atoms with E-state index in [1.807, 2.05) is 27.8 Å². The van der Waals surface area contributed by atoms with Gasteiger partial charge in [0.2, 0.25) is 5.91 Å². The molecule has 0 spiro atoms. The number of halogens is 1. The highest BCUT2D eigenvalue weighted by molar-refractivity contribution is 5.79. The fourth-order valence-electron chi connectivity index (χ4n) is 4.48. The van der Waals surface area contributed by atoms with Crippen molar-refractivity contribution in [3.05, 3.63) is 35.6 Å². The van der Waals surface area contributed by atoms with Crippen LogP contribution in [0, 0.1) is 17.7 Å². The highest BCUT2D eigenvalue weighted by Crippen LogP contribution is 2.45. The Morgan fingerprint density at radius 2 is 1.97 bits per heavy atom. The molecule has 7 nitrogen and oxygen atoms in total. The molecule has 0 saturated carbocycles. The Morgan fingerprint density at radius 1 is 1.21 bits per heavy atom. The lowest BCUT2D eigenvalue weighted by Crippen LogP contribution is -2.43. The van der Waals surface area contributed by atoms with Crippen molar-refractivity contribution in [2.75, 3.05) is 67.6 Å². The first kappa shape index (κ1) is 21.5. The normalized spacial score (nSPS) is 23.6. The van der Waals surface area contributed by atoms with Gasteiger partial charge in [0.1, 0.15) is 5.82 Å². The number of benzene rings is 1. The number of likely N-dealkylation sites (N-methyl/N-ethyl adjacent to an activating group) is 1. The molecule has 2 saturated heterocycles. The number of carbonyl (C=O) groups excluding carboxylic acids is 2. The van der Waals surface area contributed by atoms with Crippen LogP contribution in [0.3, 0.4) is 0 Å². The number of fused-ring (bicyclic) bond motifs is 1. The monoisotopic (exact) mass is 406 g/mol. The Balaban J connectivity index is 1.75. The van der Waals surface area contributed by atoms with Crippen LogP contribution >= 0.6 is 0 Å². The third-order valence-corrected chi connectivity index (χ3v) is 5.92. The standard InChI is InChI=1S/C21H31FN4O3/c1-23(2)21(28)26-12-16-11-25(19(27)14-24(3)8-9-29-4)13-18(16)20(26)15-6-5-7-17(22)10-15/h5-7,10,16,18,20H,8-9,11-14H2,1-4H3/t16-,18-,20+/m1/s1. The van der Waals surface area contributed by atoms with Gasteiger partial charge in [-0.2, -0.15) is 0 Å². The van der Waals surface area contributed by atoms with Crippen LogP contribution in [0.15, 0.2) is 24.3 Å². The molecule has 3 rings (SSSR count). The SMILES string of the molecule is COCCN(C)CC(=O)N1C[C@@H]2CN(C(=O)N(C)C)[C@@H](c3cccc(F)c3)[C@@H]2C1. The summed E-state index contributed by atoms with van der Waals surface area (Å²) in [5, 5.41) is 0. The van der Waals surface area contributed by atoms with Gasteiger partial charge in [-0.15, -0.1) is 0 Å². The number of likely N-dealkylation sites (tertiary alicyclic amines) is 2. The topological polar surface area (TPSA) is 56.3 Å². The second-order valence-corrected chi connectivity index (χ2v) is 8.28. The summed E-state index contributed by atoms with van der Waals surface area (Å²) >= 11 is 0. The highest BCUT2D eigenvalue weighted by atomic mass is 19.1. The zero-order chi connectivity index (χ0) is 21.1. The number of nitrogens with zero attached hydrogens (tertiary/aromatic N) is 4. The van der Waals surface area contributed by atoms with Crippen LogP contribution in [-0.2, 0) is 9.53 Å². The molecule has 1 aromatic carbocycles. The van der Waals surface area contributed by atoms with Crippen LogP contribution in [-0.4, -0.2) is 99.1 Å². The average molecular weight is 407 g/mol. The molecule has 160 valence electrons. The van der Waals surface area contributed by atoms with Gasteiger partial charge in [-0.3, -0.25) is 9.69 Å². The Kier molecular flexibility index (Phi) is 6.74. The summed E-state index contributed by atoms with van der Waals surface area (Å²) in [5.41, 5.74) is 0.791. The summed E-state index contributed by atoms with van der Waals surface area (Å²) in [6.45, 7) is 3.41. The molecule has 3 amide bonds. The smallest absolute Gasteiger partial charge is 0.320 e. The number of carbonyl (C=O) groups is 2. The number of hydrogen-bond donors (Lipinski definition) is 0. The molecular formula is C21H31FN4O3. The van der Waals surface area contributed by atoms with Crippen molar-refractivity contribution in [3.8, 4) is 0 Å². The predicted octanol–water partition coefficient (Wildman–Crippen LogP) is 1.52. The molecule has 0 radical (unpaired) electrons. The minimum atomic E-state index is -0.311. The molecule has 0 N–H and O–H groups in total. The Hall–Kier alpha value is -2.19. The van der Waals surface area contributed by atoms with Gasteiger partial charge in [-0.05, 0) is 24.7 Å². The van der Waals surface area contributed by atoms with Crippen LogP contribution in [0.1, 0.15) is 11.6 Å². The number of rotatable bonds is 6. The fourth-order valence-corrected chi connectivity index (χ4v) is 4.48. The molecule has 0 aromatic heterocycles. The molecule has 0 bridgehead atoms. The van der Waals surface area contributed by atoms with Gasteiger partial charge in [0.05, 0.1) is 19.2 Å². The van der Waals surface area contributed by atoms with Gasteiger partial charge in [-0.1, -0.05) is 12.1 Å². The van der Waals surface area contributed by atoms with E-state index in [4.69, 9.17) is 4.74 Å². The highest BCUT2D eigenvalue weighted by Gasteiger charge is 2.50. The number of ether oxygens (including phenoxy) is 1. The first-order chi connectivity index (χ1) is 13.8. The third kappa shape index (κ3) is 4.70. The summed E-state index contributed by atoms with van der Waals surface area (Å²) in [6, 6.07) is 6.16. The Bertz CT molecular complexity index is 744. The molecule has 29 heavy (non-hydrogen) atoms. The van der Waals surface area contributed by atoms with E-state index in [9.17, 15) is 14.0 Å². The quantitative estimate of drug-likeness (QED) is 0.719. The number of amides is 3. The first-order valence-corrected chi connectivity index (χ1v) is 10.0. The fraction of sp³-hybridized carbons (Fsp3) is 0.619. The third-order valence-electron chi connectivity index (χ3n) is 5.92. The molecule has 0 aliphatic carbocycles. The van der Waals surface area contributed by atoms with E-state index in [0.717, 1.165) is 5.56 Å². The Morgan fingerprint density at radius 3 is 2.62 bits per heavy atom. The Labute approximate surface area is 172 Å². The summed E-state index contributed by atoms with van der Waals surface area (Å²) in [7, 11) is 7.00. The van der Waals surface area contributed by atoms with Crippen molar-refractivity contribution >= 4 is 11.9 Å². The molecule has 2 aliphatic rings. The van der Waals surface area contributed by atoms with Gasteiger partial charge in [0.15, 0.2) is 0 Å². The van der Waals surface area contributed by atoms with Crippen molar-refractivity contribution < 1.29 is 18.7 Å². The van der Waals surface area contributed by atoms with Crippen LogP contribution in [0.25, 0.3) is 0 Å². The molecular weight excluding hydrogens is 375 g/mol. The van der Waals surface area contributed by atoms with E-state index >= 15 is 0 Å². The molecule has 2 heterocycles. The maximum absolute atomic E-state index is 13.9. The van der Waals surface area contributed by atoms with Crippen molar-refractivity contribution in [3.63, 3.8) is 0 Å². The van der Waals surface area contributed by atoms with Gasteiger partial charge in [0.25, 0.3) is 0 Å². The van der Waals surface area contributed by atoms with Gasteiger partial charge in [0, 0.05) is 59.2 Å². The second kappa shape index (κ2) is 9.09. The lowest BCUT2D eigenvalue weighted by atomic mass is 9.89. The van der Waals surface area contributed by atoms with Crippen LogP contribution in [0.4, 0.5) is 9.18 Å². The molecule has 8 heteroatoms. The molecule has 1 aromatic rings. The van der Waals surface area contributed by atoms with Crippen molar-refractivity contribution in [1.82, 2.24) is 19.6 Å². The van der Waals surface area contributed by atoms with Crippen molar-refractivity contribution in [2.24, 2.45) is 11.8 Å². The van der Waals surface area contributed by atoms with E-state index in [1.165, 1.54) is 12.1 Å². The number of methoxy groups -OCH3 is 1.